The quantitative estimate of drug-likeness (QED) is 0.474. The fraction of sp³-hybridized carbons (Fsp3) is 0.385. The molecule has 1 aliphatic rings. The largest absolute Gasteiger partial charge is 0.493 e. The van der Waals surface area contributed by atoms with Gasteiger partial charge in [0.15, 0.2) is 23.0 Å². The molecule has 0 unspecified atom stereocenters. The predicted octanol–water partition coefficient (Wildman–Crippen LogP) is 3.23. The lowest BCUT2D eigenvalue weighted by Crippen LogP contribution is -2.33. The van der Waals surface area contributed by atoms with Gasteiger partial charge in [-0.2, -0.15) is 0 Å². The van der Waals surface area contributed by atoms with Crippen LogP contribution in [0.15, 0.2) is 23.8 Å². The minimum atomic E-state index is -1.09. The number of carbonyl (C=O) groups is 2. The van der Waals surface area contributed by atoms with Gasteiger partial charge in [0.05, 0.1) is 68.4 Å². The Morgan fingerprint density at radius 2 is 1.17 bits per heavy atom. The van der Waals surface area contributed by atoms with Gasteiger partial charge in [0.1, 0.15) is 0 Å². The van der Waals surface area contributed by atoms with E-state index in [0.29, 0.717) is 51.2 Å². The third kappa shape index (κ3) is 4.34. The molecule has 0 heterocycles. The van der Waals surface area contributed by atoms with Gasteiger partial charge >= 0.3 is 11.9 Å². The van der Waals surface area contributed by atoms with E-state index < -0.39 is 23.8 Å². The normalized spacial score (nSPS) is 16.2. The van der Waals surface area contributed by atoms with Gasteiger partial charge in [-0.3, -0.25) is 4.79 Å². The molecule has 0 N–H and O–H groups in total. The van der Waals surface area contributed by atoms with Crippen LogP contribution in [0.3, 0.4) is 0 Å². The molecule has 2 aromatic rings. The highest BCUT2D eigenvalue weighted by Gasteiger charge is 2.45. The Labute approximate surface area is 209 Å². The molecular formula is C26H30O10. The van der Waals surface area contributed by atoms with E-state index >= 15 is 0 Å². The van der Waals surface area contributed by atoms with Crippen LogP contribution in [0.4, 0.5) is 0 Å². The summed E-state index contributed by atoms with van der Waals surface area (Å²) in [6.07, 6.45) is 1.57. The third-order valence-corrected chi connectivity index (χ3v) is 6.11. The number of rotatable bonds is 9. The van der Waals surface area contributed by atoms with Crippen LogP contribution in [0.25, 0.3) is 6.08 Å². The minimum Gasteiger partial charge on any atom is -0.493 e. The highest BCUT2D eigenvalue weighted by atomic mass is 16.5. The summed E-state index contributed by atoms with van der Waals surface area (Å²) in [5, 5.41) is 0. The van der Waals surface area contributed by atoms with Gasteiger partial charge in [-0.25, -0.2) is 4.79 Å². The van der Waals surface area contributed by atoms with Crippen LogP contribution in [0.1, 0.15) is 22.6 Å². The van der Waals surface area contributed by atoms with E-state index in [1.165, 1.54) is 56.9 Å². The Bertz CT molecular complexity index is 1160. The molecule has 0 saturated heterocycles. The molecule has 0 spiro atoms. The summed E-state index contributed by atoms with van der Waals surface area (Å²) in [6, 6.07) is 5.13. The summed E-state index contributed by atoms with van der Waals surface area (Å²) < 4.78 is 43.6. The van der Waals surface area contributed by atoms with Crippen molar-refractivity contribution in [2.45, 2.75) is 5.92 Å². The Morgan fingerprint density at radius 3 is 1.61 bits per heavy atom. The van der Waals surface area contributed by atoms with E-state index in [2.05, 4.69) is 0 Å². The van der Waals surface area contributed by atoms with Crippen LogP contribution in [0.5, 0.6) is 34.5 Å². The van der Waals surface area contributed by atoms with E-state index in [9.17, 15) is 9.59 Å². The summed E-state index contributed by atoms with van der Waals surface area (Å²) in [5.41, 5.74) is 1.82. The van der Waals surface area contributed by atoms with E-state index in [4.69, 9.17) is 37.9 Å². The van der Waals surface area contributed by atoms with Gasteiger partial charge in [0.25, 0.3) is 0 Å². The Kier molecular flexibility index (Phi) is 8.18. The second-order valence-corrected chi connectivity index (χ2v) is 7.68. The molecule has 194 valence electrons. The molecule has 3 rings (SSSR count). The zero-order valence-electron chi connectivity index (χ0n) is 21.5. The Hall–Kier alpha value is -4.08. The lowest BCUT2D eigenvalue weighted by atomic mass is 9.70. The number of esters is 2. The number of ether oxygens (including phenoxy) is 8. The average molecular weight is 503 g/mol. The van der Waals surface area contributed by atoms with Crippen molar-refractivity contribution in [2.75, 3.05) is 56.9 Å². The molecule has 2 atom stereocenters. The van der Waals surface area contributed by atoms with Crippen molar-refractivity contribution in [3.05, 3.63) is 40.5 Å². The maximum atomic E-state index is 13.2. The molecule has 0 bridgehead atoms. The van der Waals surface area contributed by atoms with Crippen molar-refractivity contribution in [2.24, 2.45) is 5.92 Å². The summed E-state index contributed by atoms with van der Waals surface area (Å²) >= 11 is 0. The summed E-state index contributed by atoms with van der Waals surface area (Å²) in [6.45, 7) is 0. The first kappa shape index (κ1) is 26.5. The molecule has 10 heteroatoms. The molecule has 0 aliphatic heterocycles. The van der Waals surface area contributed by atoms with Crippen LogP contribution in [0.2, 0.25) is 0 Å². The Balaban J connectivity index is 2.51. The number of hydrogen-bond acceptors (Lipinski definition) is 10. The van der Waals surface area contributed by atoms with Crippen molar-refractivity contribution in [1.29, 1.82) is 0 Å². The summed E-state index contributed by atoms with van der Waals surface area (Å²) in [4.78, 5) is 26.2. The van der Waals surface area contributed by atoms with Gasteiger partial charge in [-0.05, 0) is 35.4 Å². The summed E-state index contributed by atoms with van der Waals surface area (Å²) in [7, 11) is 11.4. The molecule has 0 fully saturated rings. The molecule has 0 radical (unpaired) electrons. The van der Waals surface area contributed by atoms with E-state index in [1.54, 1.807) is 24.3 Å². The number of carbonyl (C=O) groups excluding carboxylic acids is 2. The number of fused-ring (bicyclic) bond motifs is 1. The standard InChI is InChI=1S/C26H30O10/c1-29-16-11-14(12-17(30-2)22(16)32-4)19-20-13(10-18(31-3)23(33-5)24(20)34-6)9-15(25(27)35-7)21(19)26(28)36-8/h9-12,19,21H,1-8H3/t19-,21-/m0/s1. The first-order chi connectivity index (χ1) is 17.3. The van der Waals surface area contributed by atoms with Gasteiger partial charge in [-0.15, -0.1) is 0 Å². The molecular weight excluding hydrogens is 472 g/mol. The van der Waals surface area contributed by atoms with Crippen LogP contribution in [-0.2, 0) is 19.1 Å². The van der Waals surface area contributed by atoms with Crippen molar-refractivity contribution in [3.63, 3.8) is 0 Å². The molecule has 0 saturated carbocycles. The monoisotopic (exact) mass is 502 g/mol. The number of methoxy groups -OCH3 is 8. The second-order valence-electron chi connectivity index (χ2n) is 7.68. The molecule has 36 heavy (non-hydrogen) atoms. The molecule has 0 aromatic heterocycles. The SMILES string of the molecule is COC(=O)C1=Cc2cc(OC)c(OC)c(OC)c2[C@H](c2cc(OC)c(OC)c(OC)c2)[C@H]1C(=O)OC. The maximum absolute atomic E-state index is 13.2. The third-order valence-electron chi connectivity index (χ3n) is 6.11. The zero-order valence-corrected chi connectivity index (χ0v) is 21.5. The van der Waals surface area contributed by atoms with Gasteiger partial charge in [-0.1, -0.05) is 0 Å². The summed E-state index contributed by atoms with van der Waals surface area (Å²) in [5.74, 6) is -1.06. The van der Waals surface area contributed by atoms with Crippen LogP contribution >= 0.6 is 0 Å². The number of hydrogen-bond donors (Lipinski definition) is 0. The van der Waals surface area contributed by atoms with Crippen LogP contribution in [0, 0.1) is 5.92 Å². The van der Waals surface area contributed by atoms with Crippen molar-refractivity contribution < 1.29 is 47.5 Å². The highest BCUT2D eigenvalue weighted by molar-refractivity contribution is 6.02. The van der Waals surface area contributed by atoms with Gasteiger partial charge in [0.2, 0.25) is 11.5 Å². The van der Waals surface area contributed by atoms with E-state index in [1.807, 2.05) is 0 Å². The van der Waals surface area contributed by atoms with Crippen LogP contribution in [-0.4, -0.2) is 68.8 Å². The number of benzene rings is 2. The first-order valence-electron chi connectivity index (χ1n) is 10.9. The minimum absolute atomic E-state index is 0.102. The topological polar surface area (TPSA) is 108 Å². The zero-order chi connectivity index (χ0) is 26.6. The average Bonchev–Trinajstić information content (AvgIpc) is 2.92. The van der Waals surface area contributed by atoms with Crippen molar-refractivity contribution >= 4 is 18.0 Å². The smallest absolute Gasteiger partial charge is 0.334 e. The predicted molar refractivity (Wildman–Crippen MR) is 130 cm³/mol. The fourth-order valence-electron chi connectivity index (χ4n) is 4.57. The van der Waals surface area contributed by atoms with Crippen LogP contribution < -0.4 is 28.4 Å². The van der Waals surface area contributed by atoms with Crippen molar-refractivity contribution in [3.8, 4) is 34.5 Å². The highest BCUT2D eigenvalue weighted by Crippen LogP contribution is 2.54. The molecule has 0 amide bonds. The fourth-order valence-corrected chi connectivity index (χ4v) is 4.57. The first-order valence-corrected chi connectivity index (χ1v) is 10.9. The molecule has 10 nitrogen and oxygen atoms in total. The van der Waals surface area contributed by atoms with Gasteiger partial charge < -0.3 is 37.9 Å². The van der Waals surface area contributed by atoms with Crippen molar-refractivity contribution in [1.82, 2.24) is 0 Å². The second kappa shape index (κ2) is 11.1. The maximum Gasteiger partial charge on any atom is 0.334 e. The van der Waals surface area contributed by atoms with E-state index in [-0.39, 0.29) is 5.57 Å². The Morgan fingerprint density at radius 1 is 0.639 bits per heavy atom. The van der Waals surface area contributed by atoms with E-state index in [0.717, 1.165) is 0 Å². The van der Waals surface area contributed by atoms with Gasteiger partial charge in [0, 0.05) is 11.5 Å². The molecule has 2 aromatic carbocycles. The lowest BCUT2D eigenvalue weighted by Gasteiger charge is -2.34. The lowest BCUT2D eigenvalue weighted by molar-refractivity contribution is -0.147. The molecule has 1 aliphatic carbocycles.